The van der Waals surface area contributed by atoms with Crippen LogP contribution in [0.4, 0.5) is 4.39 Å². The Hall–Kier alpha value is -1.22. The first-order valence-corrected chi connectivity index (χ1v) is 7.12. The van der Waals surface area contributed by atoms with Crippen LogP contribution in [-0.2, 0) is 0 Å². The molecule has 0 amide bonds. The number of hydrogen-bond acceptors (Lipinski definition) is 2. The molecule has 2 rings (SSSR count). The Balaban J connectivity index is 2.49. The Kier molecular flexibility index (Phi) is 3.81. The number of hydrogen-bond donors (Lipinski definition) is 0. The van der Waals surface area contributed by atoms with Crippen molar-refractivity contribution in [3.8, 4) is 10.6 Å². The number of nitrogens with zero attached hydrogens (tertiary/aromatic N) is 1. The van der Waals surface area contributed by atoms with E-state index in [1.807, 2.05) is 6.07 Å². The fourth-order valence-electron chi connectivity index (χ4n) is 1.88. The van der Waals surface area contributed by atoms with Gasteiger partial charge in [-0.2, -0.15) is 0 Å². The van der Waals surface area contributed by atoms with Crippen molar-refractivity contribution < 1.29 is 4.39 Å². The van der Waals surface area contributed by atoms with Gasteiger partial charge in [0.05, 0.1) is 5.69 Å². The standard InChI is InChI=1S/C15H18FNS/c1-9(2)13-7-11(16)5-6-12(13)15-17-14(8-18-15)10(3)4/h5-10H,1-4H3. The normalized spacial score (nSPS) is 11.5. The molecule has 0 N–H and O–H groups in total. The predicted octanol–water partition coefficient (Wildman–Crippen LogP) is 5.20. The summed E-state index contributed by atoms with van der Waals surface area (Å²) in [4.78, 5) is 4.65. The maximum atomic E-state index is 13.3. The molecule has 1 aromatic heterocycles. The highest BCUT2D eigenvalue weighted by Gasteiger charge is 2.14. The van der Waals surface area contributed by atoms with Crippen LogP contribution in [0.2, 0.25) is 0 Å². The van der Waals surface area contributed by atoms with Gasteiger partial charge < -0.3 is 0 Å². The highest BCUT2D eigenvalue weighted by atomic mass is 32.1. The van der Waals surface area contributed by atoms with Crippen molar-refractivity contribution in [1.29, 1.82) is 0 Å². The third kappa shape index (κ3) is 2.61. The maximum Gasteiger partial charge on any atom is 0.123 e. The van der Waals surface area contributed by atoms with E-state index in [0.29, 0.717) is 11.8 Å². The van der Waals surface area contributed by atoms with Crippen molar-refractivity contribution in [2.75, 3.05) is 0 Å². The first kappa shape index (κ1) is 13.2. The molecule has 3 heteroatoms. The van der Waals surface area contributed by atoms with Crippen molar-refractivity contribution in [1.82, 2.24) is 4.98 Å². The van der Waals surface area contributed by atoms with Crippen LogP contribution in [0.1, 0.15) is 50.8 Å². The predicted molar refractivity (Wildman–Crippen MR) is 75.7 cm³/mol. The second kappa shape index (κ2) is 5.19. The Labute approximate surface area is 112 Å². The van der Waals surface area contributed by atoms with Crippen LogP contribution in [0.3, 0.4) is 0 Å². The van der Waals surface area contributed by atoms with Crippen molar-refractivity contribution >= 4 is 11.3 Å². The van der Waals surface area contributed by atoms with Gasteiger partial charge >= 0.3 is 0 Å². The number of thiazole rings is 1. The van der Waals surface area contributed by atoms with Gasteiger partial charge in [0.2, 0.25) is 0 Å². The zero-order valence-corrected chi connectivity index (χ0v) is 12.0. The third-order valence-electron chi connectivity index (χ3n) is 2.98. The van der Waals surface area contributed by atoms with Crippen LogP contribution >= 0.6 is 11.3 Å². The smallest absolute Gasteiger partial charge is 0.123 e. The molecule has 2 aromatic rings. The second-order valence-electron chi connectivity index (χ2n) is 5.12. The summed E-state index contributed by atoms with van der Waals surface area (Å²) in [5, 5.41) is 3.08. The number of rotatable bonds is 3. The molecular weight excluding hydrogens is 245 g/mol. The van der Waals surface area contributed by atoms with E-state index >= 15 is 0 Å². The highest BCUT2D eigenvalue weighted by molar-refractivity contribution is 7.13. The van der Waals surface area contributed by atoms with E-state index in [4.69, 9.17) is 0 Å². The van der Waals surface area contributed by atoms with Crippen LogP contribution < -0.4 is 0 Å². The fourth-order valence-corrected chi connectivity index (χ4v) is 2.91. The van der Waals surface area contributed by atoms with E-state index in [0.717, 1.165) is 21.8 Å². The summed E-state index contributed by atoms with van der Waals surface area (Å²) >= 11 is 1.63. The molecule has 0 saturated heterocycles. The minimum atomic E-state index is -0.178. The second-order valence-corrected chi connectivity index (χ2v) is 5.98. The summed E-state index contributed by atoms with van der Waals surface area (Å²) in [6.45, 7) is 8.42. The number of halogens is 1. The van der Waals surface area contributed by atoms with E-state index in [1.165, 1.54) is 6.07 Å². The molecule has 18 heavy (non-hydrogen) atoms. The SMILES string of the molecule is CC(C)c1csc(-c2ccc(F)cc2C(C)C)n1. The molecule has 0 unspecified atom stereocenters. The Morgan fingerprint density at radius 3 is 2.39 bits per heavy atom. The quantitative estimate of drug-likeness (QED) is 0.742. The Morgan fingerprint density at radius 2 is 1.83 bits per heavy atom. The Bertz CT molecular complexity index is 543. The monoisotopic (exact) mass is 263 g/mol. The van der Waals surface area contributed by atoms with Crippen molar-refractivity contribution in [3.63, 3.8) is 0 Å². The van der Waals surface area contributed by atoms with Crippen LogP contribution in [-0.4, -0.2) is 4.98 Å². The van der Waals surface area contributed by atoms with Gasteiger partial charge in [0.15, 0.2) is 0 Å². The zero-order valence-electron chi connectivity index (χ0n) is 11.2. The molecule has 0 spiro atoms. The average molecular weight is 263 g/mol. The lowest BCUT2D eigenvalue weighted by Gasteiger charge is -2.10. The summed E-state index contributed by atoms with van der Waals surface area (Å²) in [5.41, 5.74) is 3.19. The maximum absolute atomic E-state index is 13.3. The lowest BCUT2D eigenvalue weighted by molar-refractivity contribution is 0.623. The molecule has 0 aliphatic rings. The van der Waals surface area contributed by atoms with Gasteiger partial charge in [0, 0.05) is 10.9 Å². The zero-order chi connectivity index (χ0) is 13.3. The minimum absolute atomic E-state index is 0.178. The molecule has 1 heterocycles. The van der Waals surface area contributed by atoms with Crippen molar-refractivity contribution in [2.24, 2.45) is 0 Å². The molecule has 0 saturated carbocycles. The molecule has 1 nitrogen and oxygen atoms in total. The average Bonchev–Trinajstić information content (AvgIpc) is 2.78. The molecule has 0 atom stereocenters. The summed E-state index contributed by atoms with van der Waals surface area (Å²) in [6, 6.07) is 4.97. The summed E-state index contributed by atoms with van der Waals surface area (Å²) < 4.78 is 13.3. The molecule has 0 radical (unpaired) electrons. The lowest BCUT2D eigenvalue weighted by Crippen LogP contribution is -1.94. The lowest BCUT2D eigenvalue weighted by atomic mass is 9.97. The van der Waals surface area contributed by atoms with Crippen LogP contribution in [0, 0.1) is 5.82 Å². The van der Waals surface area contributed by atoms with E-state index < -0.39 is 0 Å². The molecule has 0 aliphatic carbocycles. The Morgan fingerprint density at radius 1 is 1.11 bits per heavy atom. The summed E-state index contributed by atoms with van der Waals surface area (Å²) in [7, 11) is 0. The topological polar surface area (TPSA) is 12.9 Å². The largest absolute Gasteiger partial charge is 0.241 e. The van der Waals surface area contributed by atoms with E-state index in [1.54, 1.807) is 17.4 Å². The molecule has 1 aromatic carbocycles. The van der Waals surface area contributed by atoms with Gasteiger partial charge in [-0.25, -0.2) is 9.37 Å². The van der Waals surface area contributed by atoms with Gasteiger partial charge in [0.25, 0.3) is 0 Å². The minimum Gasteiger partial charge on any atom is -0.241 e. The van der Waals surface area contributed by atoms with Crippen LogP contribution in [0.25, 0.3) is 10.6 Å². The van der Waals surface area contributed by atoms with E-state index in [2.05, 4.69) is 38.1 Å². The van der Waals surface area contributed by atoms with E-state index in [-0.39, 0.29) is 5.82 Å². The van der Waals surface area contributed by atoms with Gasteiger partial charge in [0.1, 0.15) is 10.8 Å². The summed E-state index contributed by atoms with van der Waals surface area (Å²) in [5.74, 6) is 0.545. The van der Waals surface area contributed by atoms with Crippen LogP contribution in [0.15, 0.2) is 23.6 Å². The van der Waals surface area contributed by atoms with Gasteiger partial charge in [-0.3, -0.25) is 0 Å². The number of benzene rings is 1. The van der Waals surface area contributed by atoms with Crippen molar-refractivity contribution in [3.05, 3.63) is 40.7 Å². The van der Waals surface area contributed by atoms with Gasteiger partial charge in [-0.15, -0.1) is 11.3 Å². The third-order valence-corrected chi connectivity index (χ3v) is 3.87. The molecule has 96 valence electrons. The molecule has 0 aliphatic heterocycles. The van der Waals surface area contributed by atoms with Gasteiger partial charge in [-0.1, -0.05) is 27.7 Å². The van der Waals surface area contributed by atoms with Gasteiger partial charge in [-0.05, 0) is 35.6 Å². The molecule has 0 bridgehead atoms. The molecule has 0 fully saturated rings. The first-order valence-electron chi connectivity index (χ1n) is 6.24. The molecular formula is C15H18FNS. The van der Waals surface area contributed by atoms with Crippen LogP contribution in [0.5, 0.6) is 0 Å². The first-order chi connectivity index (χ1) is 8.49. The number of aromatic nitrogens is 1. The van der Waals surface area contributed by atoms with E-state index in [9.17, 15) is 4.39 Å². The highest BCUT2D eigenvalue weighted by Crippen LogP contribution is 2.33. The fraction of sp³-hybridized carbons (Fsp3) is 0.400. The summed E-state index contributed by atoms with van der Waals surface area (Å²) in [6.07, 6.45) is 0. The van der Waals surface area contributed by atoms with Crippen molar-refractivity contribution in [2.45, 2.75) is 39.5 Å².